The van der Waals surface area contributed by atoms with E-state index in [1.54, 1.807) is 10.7 Å². The SMILES string of the molecule is CCn1c(=NC(=O)c2cc(C)nn2C(C)C)sc2cccc(Br)c21. The molecule has 24 heavy (non-hydrogen) atoms. The number of hydrogen-bond acceptors (Lipinski definition) is 3. The highest BCUT2D eigenvalue weighted by Gasteiger charge is 2.16. The molecule has 0 saturated carbocycles. The highest BCUT2D eigenvalue weighted by molar-refractivity contribution is 9.10. The molecule has 0 atom stereocenters. The zero-order valence-electron chi connectivity index (χ0n) is 14.1. The van der Waals surface area contributed by atoms with E-state index in [9.17, 15) is 4.79 Å². The predicted molar refractivity (Wildman–Crippen MR) is 100 cm³/mol. The van der Waals surface area contributed by atoms with Gasteiger partial charge in [0.15, 0.2) is 4.80 Å². The van der Waals surface area contributed by atoms with Crippen molar-refractivity contribution in [3.8, 4) is 0 Å². The van der Waals surface area contributed by atoms with Crippen LogP contribution in [0.25, 0.3) is 10.2 Å². The molecule has 5 nitrogen and oxygen atoms in total. The average Bonchev–Trinajstić information content (AvgIpc) is 3.08. The number of carbonyl (C=O) groups is 1. The normalized spacial score (nSPS) is 12.5. The van der Waals surface area contributed by atoms with Crippen LogP contribution < -0.4 is 4.80 Å². The molecule has 0 unspecified atom stereocenters. The zero-order valence-corrected chi connectivity index (χ0v) is 16.5. The van der Waals surface area contributed by atoms with Crippen LogP contribution in [0.15, 0.2) is 33.7 Å². The molecular formula is C17H19BrN4OS. The maximum absolute atomic E-state index is 12.7. The Balaban J connectivity index is 2.17. The molecule has 1 amide bonds. The van der Waals surface area contributed by atoms with Gasteiger partial charge in [-0.2, -0.15) is 10.1 Å². The summed E-state index contributed by atoms with van der Waals surface area (Å²) in [6.07, 6.45) is 0. The number of aryl methyl sites for hydroxylation is 2. The summed E-state index contributed by atoms with van der Waals surface area (Å²) in [6, 6.07) is 7.95. The molecule has 1 aromatic carbocycles. The molecule has 2 aromatic heterocycles. The van der Waals surface area contributed by atoms with E-state index in [1.165, 1.54) is 11.3 Å². The number of amides is 1. The van der Waals surface area contributed by atoms with E-state index < -0.39 is 0 Å². The van der Waals surface area contributed by atoms with Gasteiger partial charge in [-0.15, -0.1) is 0 Å². The summed E-state index contributed by atoms with van der Waals surface area (Å²) in [4.78, 5) is 17.8. The van der Waals surface area contributed by atoms with E-state index in [0.29, 0.717) is 10.5 Å². The molecule has 0 aliphatic heterocycles. The van der Waals surface area contributed by atoms with Crippen LogP contribution in [0, 0.1) is 6.92 Å². The minimum atomic E-state index is -0.255. The number of halogens is 1. The number of nitrogens with zero attached hydrogens (tertiary/aromatic N) is 4. The number of rotatable bonds is 3. The van der Waals surface area contributed by atoms with E-state index in [-0.39, 0.29) is 11.9 Å². The van der Waals surface area contributed by atoms with Gasteiger partial charge in [-0.3, -0.25) is 9.48 Å². The van der Waals surface area contributed by atoms with Gasteiger partial charge in [-0.05, 0) is 61.8 Å². The fourth-order valence-corrected chi connectivity index (χ4v) is 4.51. The van der Waals surface area contributed by atoms with E-state index in [2.05, 4.69) is 37.5 Å². The predicted octanol–water partition coefficient (Wildman–Crippen LogP) is 4.31. The first kappa shape index (κ1) is 17.1. The summed E-state index contributed by atoms with van der Waals surface area (Å²) in [6.45, 7) is 8.70. The van der Waals surface area contributed by atoms with Crippen LogP contribution in [-0.2, 0) is 6.54 Å². The molecule has 0 radical (unpaired) electrons. The molecule has 0 aliphatic carbocycles. The molecule has 7 heteroatoms. The molecule has 0 spiro atoms. The van der Waals surface area contributed by atoms with E-state index in [0.717, 1.165) is 26.9 Å². The minimum absolute atomic E-state index is 0.114. The smallest absolute Gasteiger partial charge is 0.297 e. The second kappa shape index (κ2) is 6.64. The van der Waals surface area contributed by atoms with Gasteiger partial charge in [0, 0.05) is 17.1 Å². The van der Waals surface area contributed by atoms with Crippen LogP contribution in [0.2, 0.25) is 0 Å². The molecule has 0 bridgehead atoms. The van der Waals surface area contributed by atoms with Gasteiger partial charge >= 0.3 is 0 Å². The first-order valence-corrected chi connectivity index (χ1v) is 9.46. The van der Waals surface area contributed by atoms with Gasteiger partial charge in [0.25, 0.3) is 5.91 Å². The summed E-state index contributed by atoms with van der Waals surface area (Å²) < 4.78 is 5.91. The Bertz CT molecular complexity index is 980. The lowest BCUT2D eigenvalue weighted by molar-refractivity contribution is 0.0986. The number of fused-ring (bicyclic) bond motifs is 1. The third-order valence-corrected chi connectivity index (χ3v) is 5.41. The van der Waals surface area contributed by atoms with Gasteiger partial charge in [0.2, 0.25) is 0 Å². The van der Waals surface area contributed by atoms with Crippen LogP contribution in [0.1, 0.15) is 43.0 Å². The third-order valence-electron chi connectivity index (χ3n) is 3.73. The summed E-state index contributed by atoms with van der Waals surface area (Å²) >= 11 is 5.11. The zero-order chi connectivity index (χ0) is 17.4. The topological polar surface area (TPSA) is 52.2 Å². The number of benzene rings is 1. The van der Waals surface area contributed by atoms with Crippen LogP contribution in [0.4, 0.5) is 0 Å². The Kier molecular flexibility index (Phi) is 4.73. The van der Waals surface area contributed by atoms with Gasteiger partial charge in [-0.25, -0.2) is 0 Å². The van der Waals surface area contributed by atoms with E-state index >= 15 is 0 Å². The molecule has 3 aromatic rings. The van der Waals surface area contributed by atoms with Crippen molar-refractivity contribution in [3.63, 3.8) is 0 Å². The Morgan fingerprint density at radius 1 is 1.42 bits per heavy atom. The Labute approximate surface area is 152 Å². The van der Waals surface area contributed by atoms with E-state index in [4.69, 9.17) is 0 Å². The number of thiazole rings is 1. The molecule has 0 N–H and O–H groups in total. The lowest BCUT2D eigenvalue weighted by atomic mass is 10.3. The van der Waals surface area contributed by atoms with Gasteiger partial charge in [0.1, 0.15) is 5.69 Å². The summed E-state index contributed by atoms with van der Waals surface area (Å²) in [7, 11) is 0. The number of para-hydroxylation sites is 1. The van der Waals surface area contributed by atoms with Crippen molar-refractivity contribution in [2.75, 3.05) is 0 Å². The van der Waals surface area contributed by atoms with Crippen LogP contribution in [0.3, 0.4) is 0 Å². The molecular weight excluding hydrogens is 388 g/mol. The van der Waals surface area contributed by atoms with Crippen molar-refractivity contribution in [1.29, 1.82) is 0 Å². The molecule has 126 valence electrons. The van der Waals surface area contributed by atoms with Crippen molar-refractivity contribution in [2.24, 2.45) is 4.99 Å². The minimum Gasteiger partial charge on any atom is -0.316 e. The third kappa shape index (κ3) is 2.98. The first-order chi connectivity index (χ1) is 11.4. The van der Waals surface area contributed by atoms with Crippen LogP contribution in [-0.4, -0.2) is 20.3 Å². The number of carbonyl (C=O) groups excluding carboxylic acids is 1. The second-order valence-electron chi connectivity index (χ2n) is 5.84. The van der Waals surface area contributed by atoms with Crippen molar-refractivity contribution in [3.05, 3.63) is 44.9 Å². The van der Waals surface area contributed by atoms with Crippen molar-refractivity contribution >= 4 is 43.4 Å². The standard InChI is InChI=1S/C17H19BrN4OS/c1-5-21-15-12(18)7-6-8-14(15)24-17(21)19-16(23)13-9-11(4)20-22(13)10(2)3/h6-10H,5H2,1-4H3. The van der Waals surface area contributed by atoms with Crippen molar-refractivity contribution in [2.45, 2.75) is 40.3 Å². The van der Waals surface area contributed by atoms with Gasteiger partial charge in [-0.1, -0.05) is 17.4 Å². The Morgan fingerprint density at radius 2 is 2.17 bits per heavy atom. The molecule has 0 fully saturated rings. The second-order valence-corrected chi connectivity index (χ2v) is 7.71. The van der Waals surface area contributed by atoms with Crippen LogP contribution >= 0.6 is 27.3 Å². The Hall–Kier alpha value is -1.73. The van der Waals surface area contributed by atoms with Crippen molar-refractivity contribution in [1.82, 2.24) is 14.3 Å². The highest BCUT2D eigenvalue weighted by atomic mass is 79.9. The molecule has 0 aliphatic rings. The first-order valence-electron chi connectivity index (χ1n) is 7.85. The van der Waals surface area contributed by atoms with Crippen LogP contribution in [0.5, 0.6) is 0 Å². The lowest BCUT2D eigenvalue weighted by Crippen LogP contribution is -2.18. The van der Waals surface area contributed by atoms with E-state index in [1.807, 2.05) is 39.0 Å². The van der Waals surface area contributed by atoms with Gasteiger partial charge < -0.3 is 4.57 Å². The average molecular weight is 407 g/mol. The quantitative estimate of drug-likeness (QED) is 0.650. The summed E-state index contributed by atoms with van der Waals surface area (Å²) in [5, 5.41) is 4.40. The molecule has 3 rings (SSSR count). The summed E-state index contributed by atoms with van der Waals surface area (Å²) in [5.74, 6) is -0.255. The fourth-order valence-electron chi connectivity index (χ4n) is 2.68. The maximum Gasteiger partial charge on any atom is 0.297 e. The Morgan fingerprint density at radius 3 is 2.83 bits per heavy atom. The monoisotopic (exact) mass is 406 g/mol. The number of hydrogen-bond donors (Lipinski definition) is 0. The van der Waals surface area contributed by atoms with Gasteiger partial charge in [0.05, 0.1) is 15.9 Å². The number of aromatic nitrogens is 3. The largest absolute Gasteiger partial charge is 0.316 e. The lowest BCUT2D eigenvalue weighted by Gasteiger charge is -2.08. The maximum atomic E-state index is 12.7. The summed E-state index contributed by atoms with van der Waals surface area (Å²) in [5.41, 5.74) is 2.43. The fraction of sp³-hybridized carbons (Fsp3) is 0.353. The molecule has 0 saturated heterocycles. The molecule has 2 heterocycles. The van der Waals surface area contributed by atoms with Crippen molar-refractivity contribution < 1.29 is 4.79 Å². The highest BCUT2D eigenvalue weighted by Crippen LogP contribution is 2.25.